The molecule has 3 rings (SSSR count). The molecule has 0 aliphatic carbocycles. The van der Waals surface area contributed by atoms with E-state index in [1.165, 1.54) is 12.1 Å². The SMILES string of the molecule is CCCCc1oc2ccc(C(=O)O)cc2c1C(=O)c1ccc(OC(C)N(CC)CC)cc1. The molecule has 2 aromatic carbocycles. The maximum atomic E-state index is 13.5. The van der Waals surface area contributed by atoms with Crippen molar-refractivity contribution in [3.05, 3.63) is 64.9 Å². The van der Waals surface area contributed by atoms with Gasteiger partial charge in [-0.2, -0.15) is 0 Å². The second-order valence-corrected chi connectivity index (χ2v) is 7.81. The van der Waals surface area contributed by atoms with E-state index < -0.39 is 5.97 Å². The van der Waals surface area contributed by atoms with E-state index >= 15 is 0 Å². The molecule has 0 fully saturated rings. The van der Waals surface area contributed by atoms with Gasteiger partial charge in [0.2, 0.25) is 0 Å². The highest BCUT2D eigenvalue weighted by molar-refractivity contribution is 6.17. The lowest BCUT2D eigenvalue weighted by molar-refractivity contribution is 0.0480. The molecular weight excluding hydrogens is 406 g/mol. The first kappa shape index (κ1) is 23.5. The first-order chi connectivity index (χ1) is 15.4. The standard InChI is InChI=1S/C26H31NO5/c1-5-8-9-23-24(21-16-19(26(29)30)12-15-22(21)32-23)25(28)18-10-13-20(14-11-18)31-17(4)27(6-2)7-3/h10-17H,5-9H2,1-4H3,(H,29,30). The summed E-state index contributed by atoms with van der Waals surface area (Å²) in [5.74, 6) is 0.0772. The summed E-state index contributed by atoms with van der Waals surface area (Å²) < 4.78 is 12.0. The van der Waals surface area contributed by atoms with E-state index in [-0.39, 0.29) is 17.6 Å². The summed E-state index contributed by atoms with van der Waals surface area (Å²) in [5, 5.41) is 9.92. The number of carbonyl (C=O) groups excluding carboxylic acids is 1. The summed E-state index contributed by atoms with van der Waals surface area (Å²) in [4.78, 5) is 27.1. The lowest BCUT2D eigenvalue weighted by Gasteiger charge is -2.26. The predicted octanol–water partition coefficient (Wildman–Crippen LogP) is 5.77. The number of carboxylic acids is 1. The molecule has 0 aliphatic heterocycles. The number of aromatic carboxylic acids is 1. The topological polar surface area (TPSA) is 80.0 Å². The highest BCUT2D eigenvalue weighted by Crippen LogP contribution is 2.31. The highest BCUT2D eigenvalue weighted by atomic mass is 16.5. The molecule has 6 heteroatoms. The third-order valence-corrected chi connectivity index (χ3v) is 5.74. The Hall–Kier alpha value is -3.12. The minimum Gasteiger partial charge on any atom is -0.478 e. The molecule has 1 N–H and O–H groups in total. The van der Waals surface area contributed by atoms with Gasteiger partial charge in [-0.05, 0) is 68.9 Å². The molecule has 1 atom stereocenters. The van der Waals surface area contributed by atoms with Gasteiger partial charge in [-0.3, -0.25) is 9.69 Å². The predicted molar refractivity (Wildman–Crippen MR) is 125 cm³/mol. The number of hydrogen-bond acceptors (Lipinski definition) is 5. The Morgan fingerprint density at radius 1 is 1.03 bits per heavy atom. The molecule has 0 amide bonds. The number of nitrogens with zero attached hydrogens (tertiary/aromatic N) is 1. The van der Waals surface area contributed by atoms with Gasteiger partial charge in [-0.15, -0.1) is 0 Å². The van der Waals surface area contributed by atoms with Crippen LogP contribution in [0, 0.1) is 0 Å². The molecule has 0 spiro atoms. The van der Waals surface area contributed by atoms with Crippen LogP contribution < -0.4 is 4.74 Å². The van der Waals surface area contributed by atoms with Crippen LogP contribution in [0.5, 0.6) is 5.75 Å². The number of fused-ring (bicyclic) bond motifs is 1. The molecule has 1 heterocycles. The van der Waals surface area contributed by atoms with E-state index in [0.717, 1.165) is 25.9 Å². The Kier molecular flexibility index (Phi) is 7.70. The lowest BCUT2D eigenvalue weighted by atomic mass is 9.97. The van der Waals surface area contributed by atoms with Crippen LogP contribution in [0.2, 0.25) is 0 Å². The van der Waals surface area contributed by atoms with Crippen molar-refractivity contribution in [2.45, 2.75) is 53.2 Å². The van der Waals surface area contributed by atoms with Crippen molar-refractivity contribution < 1.29 is 23.8 Å². The Morgan fingerprint density at radius 2 is 1.69 bits per heavy atom. The fourth-order valence-corrected chi connectivity index (χ4v) is 3.88. The number of carbonyl (C=O) groups is 2. The van der Waals surface area contributed by atoms with E-state index in [1.807, 2.05) is 6.92 Å². The third kappa shape index (κ3) is 5.02. The number of ketones is 1. The monoisotopic (exact) mass is 437 g/mol. The Labute approximate surface area is 188 Å². The van der Waals surface area contributed by atoms with Gasteiger partial charge in [0.05, 0.1) is 11.1 Å². The second-order valence-electron chi connectivity index (χ2n) is 7.81. The average Bonchev–Trinajstić information content (AvgIpc) is 3.15. The number of hydrogen-bond donors (Lipinski definition) is 1. The van der Waals surface area contributed by atoms with Gasteiger partial charge in [-0.1, -0.05) is 27.2 Å². The van der Waals surface area contributed by atoms with Crippen LogP contribution in [-0.2, 0) is 6.42 Å². The van der Waals surface area contributed by atoms with Gasteiger partial charge in [0.1, 0.15) is 23.3 Å². The first-order valence-corrected chi connectivity index (χ1v) is 11.2. The van der Waals surface area contributed by atoms with Crippen LogP contribution in [0.15, 0.2) is 46.9 Å². The average molecular weight is 438 g/mol. The third-order valence-electron chi connectivity index (χ3n) is 5.74. The number of aryl methyl sites for hydroxylation is 1. The Bertz CT molecular complexity index is 1080. The van der Waals surface area contributed by atoms with Crippen LogP contribution in [0.25, 0.3) is 11.0 Å². The summed E-state index contributed by atoms with van der Waals surface area (Å²) >= 11 is 0. The number of ether oxygens (including phenoxy) is 1. The molecule has 3 aromatic rings. The maximum absolute atomic E-state index is 13.5. The minimum atomic E-state index is -1.04. The quantitative estimate of drug-likeness (QED) is 0.303. The van der Waals surface area contributed by atoms with Crippen molar-refractivity contribution in [3.63, 3.8) is 0 Å². The van der Waals surface area contributed by atoms with E-state index in [2.05, 4.69) is 25.7 Å². The number of carboxylic acid groups (broad SMARTS) is 1. The number of benzene rings is 2. The second kappa shape index (κ2) is 10.5. The van der Waals surface area contributed by atoms with Crippen molar-refractivity contribution in [1.29, 1.82) is 0 Å². The molecule has 0 radical (unpaired) electrons. The van der Waals surface area contributed by atoms with Crippen molar-refractivity contribution in [3.8, 4) is 5.75 Å². The molecule has 0 bridgehead atoms. The van der Waals surface area contributed by atoms with Gasteiger partial charge >= 0.3 is 5.97 Å². The van der Waals surface area contributed by atoms with Crippen molar-refractivity contribution in [2.75, 3.05) is 13.1 Å². The van der Waals surface area contributed by atoms with Crippen molar-refractivity contribution in [2.24, 2.45) is 0 Å². The fraction of sp³-hybridized carbons (Fsp3) is 0.385. The van der Waals surface area contributed by atoms with Crippen molar-refractivity contribution >= 4 is 22.7 Å². The van der Waals surface area contributed by atoms with E-state index in [9.17, 15) is 14.7 Å². The van der Waals surface area contributed by atoms with Crippen LogP contribution in [0.3, 0.4) is 0 Å². The van der Waals surface area contributed by atoms with Gasteiger partial charge in [0, 0.05) is 17.4 Å². The van der Waals surface area contributed by atoms with Crippen LogP contribution in [0.1, 0.15) is 72.6 Å². The zero-order valence-electron chi connectivity index (χ0n) is 19.2. The number of rotatable bonds is 11. The van der Waals surface area contributed by atoms with Crippen molar-refractivity contribution in [1.82, 2.24) is 4.90 Å². The molecular formula is C26H31NO5. The van der Waals surface area contributed by atoms with Crippen LogP contribution in [-0.4, -0.2) is 41.1 Å². The summed E-state index contributed by atoms with van der Waals surface area (Å²) in [6.45, 7) is 10.0. The Morgan fingerprint density at radius 3 is 2.28 bits per heavy atom. The summed E-state index contributed by atoms with van der Waals surface area (Å²) in [6, 6.07) is 11.7. The molecule has 6 nitrogen and oxygen atoms in total. The fourth-order valence-electron chi connectivity index (χ4n) is 3.88. The Balaban J connectivity index is 1.94. The maximum Gasteiger partial charge on any atom is 0.335 e. The zero-order chi connectivity index (χ0) is 23.3. The smallest absolute Gasteiger partial charge is 0.335 e. The number of furan rings is 1. The van der Waals surface area contributed by atoms with Gasteiger partial charge in [0.15, 0.2) is 5.78 Å². The van der Waals surface area contributed by atoms with Crippen LogP contribution in [0.4, 0.5) is 0 Å². The molecule has 0 aliphatic rings. The largest absolute Gasteiger partial charge is 0.478 e. The molecule has 1 unspecified atom stereocenters. The minimum absolute atomic E-state index is 0.0699. The van der Waals surface area contributed by atoms with E-state index in [0.29, 0.717) is 40.0 Å². The number of unbranched alkanes of at least 4 members (excludes halogenated alkanes) is 1. The van der Waals surface area contributed by atoms with Crippen LogP contribution >= 0.6 is 0 Å². The van der Waals surface area contributed by atoms with E-state index in [1.54, 1.807) is 30.3 Å². The molecule has 32 heavy (non-hydrogen) atoms. The summed E-state index contributed by atoms with van der Waals surface area (Å²) in [5.41, 5.74) is 1.61. The normalized spacial score (nSPS) is 12.3. The molecule has 0 saturated heterocycles. The van der Waals surface area contributed by atoms with Gasteiger partial charge in [0.25, 0.3) is 0 Å². The lowest BCUT2D eigenvalue weighted by Crippen LogP contribution is -2.36. The van der Waals surface area contributed by atoms with Gasteiger partial charge in [-0.25, -0.2) is 4.79 Å². The molecule has 170 valence electrons. The summed E-state index contributed by atoms with van der Waals surface area (Å²) in [7, 11) is 0. The molecule has 1 aromatic heterocycles. The van der Waals surface area contributed by atoms with Gasteiger partial charge < -0.3 is 14.3 Å². The summed E-state index contributed by atoms with van der Waals surface area (Å²) in [6.07, 6.45) is 2.39. The zero-order valence-corrected chi connectivity index (χ0v) is 19.2. The van der Waals surface area contributed by atoms with E-state index in [4.69, 9.17) is 9.15 Å². The highest BCUT2D eigenvalue weighted by Gasteiger charge is 2.23. The molecule has 0 saturated carbocycles. The first-order valence-electron chi connectivity index (χ1n) is 11.2.